The van der Waals surface area contributed by atoms with Crippen molar-refractivity contribution in [3.8, 4) is 5.75 Å². The van der Waals surface area contributed by atoms with E-state index in [0.29, 0.717) is 0 Å². The minimum Gasteiger partial charge on any atom is -0.479 e. The van der Waals surface area contributed by atoms with E-state index in [-0.39, 0.29) is 17.0 Å². The summed E-state index contributed by atoms with van der Waals surface area (Å²) in [5.41, 5.74) is 10.5. The van der Waals surface area contributed by atoms with Gasteiger partial charge in [-0.25, -0.2) is 0 Å². The maximum absolute atomic E-state index is 12.2. The van der Waals surface area contributed by atoms with E-state index in [4.69, 9.17) is 11.5 Å². The molecule has 0 fully saturated rings. The monoisotopic (exact) mass is 248 g/mol. The molecule has 0 spiro atoms. The number of nitrogen functional groups attached to an aromatic ring is 1. The van der Waals surface area contributed by atoms with Gasteiger partial charge in [-0.15, -0.1) is 0 Å². The molecule has 0 aliphatic carbocycles. The van der Waals surface area contributed by atoms with Gasteiger partial charge in [0.25, 0.3) is 0 Å². The van der Waals surface area contributed by atoms with Crippen LogP contribution >= 0.6 is 0 Å². The SMILES string of the molecule is CC(Oc1ccc(C(N)=O)cc1N)C(F)(F)F. The third kappa shape index (κ3) is 3.27. The fourth-order valence-electron chi connectivity index (χ4n) is 1.07. The van der Waals surface area contributed by atoms with Crippen LogP contribution in [0.25, 0.3) is 0 Å². The summed E-state index contributed by atoms with van der Waals surface area (Å²) in [6, 6.07) is 3.59. The molecule has 17 heavy (non-hydrogen) atoms. The van der Waals surface area contributed by atoms with Gasteiger partial charge in [0.15, 0.2) is 6.10 Å². The molecule has 1 atom stereocenters. The van der Waals surface area contributed by atoms with Gasteiger partial charge in [-0.3, -0.25) is 4.79 Å². The lowest BCUT2D eigenvalue weighted by molar-refractivity contribution is -0.189. The molecule has 0 aliphatic heterocycles. The number of rotatable bonds is 3. The lowest BCUT2D eigenvalue weighted by atomic mass is 10.2. The molecule has 0 aromatic heterocycles. The quantitative estimate of drug-likeness (QED) is 0.799. The summed E-state index contributed by atoms with van der Waals surface area (Å²) >= 11 is 0. The highest BCUT2D eigenvalue weighted by molar-refractivity contribution is 5.94. The van der Waals surface area contributed by atoms with Crippen LogP contribution in [0.4, 0.5) is 18.9 Å². The summed E-state index contributed by atoms with van der Waals surface area (Å²) in [5.74, 6) is -0.855. The molecule has 0 saturated carbocycles. The van der Waals surface area contributed by atoms with E-state index in [1.54, 1.807) is 0 Å². The maximum atomic E-state index is 12.2. The Kier molecular flexibility index (Phi) is 3.50. The number of hydrogen-bond donors (Lipinski definition) is 2. The van der Waals surface area contributed by atoms with Crippen molar-refractivity contribution in [1.82, 2.24) is 0 Å². The van der Waals surface area contributed by atoms with Crippen molar-refractivity contribution in [2.45, 2.75) is 19.2 Å². The van der Waals surface area contributed by atoms with Gasteiger partial charge in [0.1, 0.15) is 5.75 Å². The number of benzene rings is 1. The number of primary amides is 1. The van der Waals surface area contributed by atoms with Crippen LogP contribution in [0.15, 0.2) is 18.2 Å². The van der Waals surface area contributed by atoms with Gasteiger partial charge in [0.05, 0.1) is 5.69 Å². The molecule has 0 heterocycles. The number of nitrogens with two attached hydrogens (primary N) is 2. The second-order valence-corrected chi connectivity index (χ2v) is 3.42. The molecule has 1 aromatic rings. The summed E-state index contributed by atoms with van der Waals surface area (Å²) < 4.78 is 41.3. The summed E-state index contributed by atoms with van der Waals surface area (Å²) in [7, 11) is 0. The van der Waals surface area contributed by atoms with E-state index < -0.39 is 18.2 Å². The largest absolute Gasteiger partial charge is 0.479 e. The molecule has 1 amide bonds. The Morgan fingerprint density at radius 1 is 1.41 bits per heavy atom. The van der Waals surface area contributed by atoms with E-state index in [9.17, 15) is 18.0 Å². The molecule has 4 nitrogen and oxygen atoms in total. The van der Waals surface area contributed by atoms with Gasteiger partial charge in [-0.05, 0) is 25.1 Å². The van der Waals surface area contributed by atoms with Crippen LogP contribution in [0.2, 0.25) is 0 Å². The Balaban J connectivity index is 2.90. The number of anilines is 1. The first kappa shape index (κ1) is 13.1. The Morgan fingerprint density at radius 3 is 2.41 bits per heavy atom. The Morgan fingerprint density at radius 2 is 2.00 bits per heavy atom. The zero-order valence-electron chi connectivity index (χ0n) is 8.91. The van der Waals surface area contributed by atoms with Crippen molar-refractivity contribution in [3.05, 3.63) is 23.8 Å². The summed E-state index contributed by atoms with van der Waals surface area (Å²) in [4.78, 5) is 10.8. The van der Waals surface area contributed by atoms with Crippen molar-refractivity contribution >= 4 is 11.6 Å². The van der Waals surface area contributed by atoms with Gasteiger partial charge in [0, 0.05) is 5.56 Å². The Labute approximate surface area is 95.3 Å². The van der Waals surface area contributed by atoms with Gasteiger partial charge in [0.2, 0.25) is 5.91 Å². The molecule has 94 valence electrons. The molecule has 7 heteroatoms. The fraction of sp³-hybridized carbons (Fsp3) is 0.300. The van der Waals surface area contributed by atoms with Crippen LogP contribution in [0, 0.1) is 0 Å². The smallest absolute Gasteiger partial charge is 0.425 e. The zero-order chi connectivity index (χ0) is 13.2. The van der Waals surface area contributed by atoms with Crippen LogP contribution in [0.3, 0.4) is 0 Å². The predicted molar refractivity (Wildman–Crippen MR) is 55.5 cm³/mol. The normalized spacial score (nSPS) is 13.2. The summed E-state index contributed by atoms with van der Waals surface area (Å²) in [6.07, 6.45) is -6.46. The third-order valence-corrected chi connectivity index (χ3v) is 2.06. The summed E-state index contributed by atoms with van der Waals surface area (Å²) in [5, 5.41) is 0. The average molecular weight is 248 g/mol. The van der Waals surface area contributed by atoms with Crippen LogP contribution in [-0.4, -0.2) is 18.2 Å². The van der Waals surface area contributed by atoms with Crippen LogP contribution < -0.4 is 16.2 Å². The topological polar surface area (TPSA) is 78.3 Å². The molecule has 0 aliphatic rings. The number of amides is 1. The molecular weight excluding hydrogens is 237 g/mol. The lowest BCUT2D eigenvalue weighted by Gasteiger charge is -2.18. The van der Waals surface area contributed by atoms with Crippen LogP contribution in [-0.2, 0) is 0 Å². The minimum atomic E-state index is -4.48. The minimum absolute atomic E-state index is 0.0719. The number of halogens is 3. The first-order chi connectivity index (χ1) is 7.71. The first-order valence-corrected chi connectivity index (χ1v) is 4.64. The molecule has 1 rings (SSSR count). The second-order valence-electron chi connectivity index (χ2n) is 3.42. The molecule has 1 unspecified atom stereocenters. The van der Waals surface area contributed by atoms with Gasteiger partial charge in [-0.1, -0.05) is 0 Å². The molecular formula is C10H11F3N2O2. The Bertz CT molecular complexity index is 432. The van der Waals surface area contributed by atoms with Crippen molar-refractivity contribution < 1.29 is 22.7 Å². The summed E-state index contributed by atoms with van der Waals surface area (Å²) in [6.45, 7) is 0.863. The van der Waals surface area contributed by atoms with Crippen molar-refractivity contribution in [3.63, 3.8) is 0 Å². The highest BCUT2D eigenvalue weighted by Crippen LogP contribution is 2.28. The van der Waals surface area contributed by atoms with E-state index in [0.717, 1.165) is 6.92 Å². The molecule has 0 bridgehead atoms. The molecule has 4 N–H and O–H groups in total. The number of hydrogen-bond acceptors (Lipinski definition) is 3. The zero-order valence-corrected chi connectivity index (χ0v) is 8.91. The fourth-order valence-corrected chi connectivity index (χ4v) is 1.07. The van der Waals surface area contributed by atoms with Gasteiger partial charge >= 0.3 is 6.18 Å². The van der Waals surface area contributed by atoms with Gasteiger partial charge in [-0.2, -0.15) is 13.2 Å². The molecule has 0 saturated heterocycles. The molecule has 1 aromatic carbocycles. The Hall–Kier alpha value is -1.92. The molecule has 0 radical (unpaired) electrons. The van der Waals surface area contributed by atoms with Crippen molar-refractivity contribution in [2.75, 3.05) is 5.73 Å². The highest BCUT2D eigenvalue weighted by atomic mass is 19.4. The van der Waals surface area contributed by atoms with Crippen molar-refractivity contribution in [1.29, 1.82) is 0 Å². The average Bonchev–Trinajstić information content (AvgIpc) is 2.19. The first-order valence-electron chi connectivity index (χ1n) is 4.64. The number of ether oxygens (including phenoxy) is 1. The third-order valence-electron chi connectivity index (χ3n) is 2.06. The van der Waals surface area contributed by atoms with Crippen LogP contribution in [0.1, 0.15) is 17.3 Å². The van der Waals surface area contributed by atoms with E-state index in [2.05, 4.69) is 4.74 Å². The van der Waals surface area contributed by atoms with E-state index >= 15 is 0 Å². The number of carbonyl (C=O) groups excluding carboxylic acids is 1. The predicted octanol–water partition coefficient (Wildman–Crippen LogP) is 1.70. The number of alkyl halides is 3. The number of carbonyl (C=O) groups is 1. The van der Waals surface area contributed by atoms with E-state index in [1.165, 1.54) is 18.2 Å². The lowest BCUT2D eigenvalue weighted by Crippen LogP contribution is -2.31. The van der Waals surface area contributed by atoms with Crippen LogP contribution in [0.5, 0.6) is 5.75 Å². The standard InChI is InChI=1S/C10H11F3N2O2/c1-5(10(11,12)13)17-8-3-2-6(9(15)16)4-7(8)14/h2-5H,14H2,1H3,(H2,15,16). The van der Waals surface area contributed by atoms with Gasteiger partial charge < -0.3 is 16.2 Å². The van der Waals surface area contributed by atoms with Crippen molar-refractivity contribution in [2.24, 2.45) is 5.73 Å². The second kappa shape index (κ2) is 4.52. The highest BCUT2D eigenvalue weighted by Gasteiger charge is 2.38. The maximum Gasteiger partial charge on any atom is 0.425 e. The van der Waals surface area contributed by atoms with E-state index in [1.807, 2.05) is 0 Å².